The lowest BCUT2D eigenvalue weighted by atomic mass is 10.2. The molecule has 6 nitrogen and oxygen atoms in total. The summed E-state index contributed by atoms with van der Waals surface area (Å²) in [5.41, 5.74) is 6.65. The van der Waals surface area contributed by atoms with Crippen LogP contribution in [0.4, 0.5) is 5.69 Å². The summed E-state index contributed by atoms with van der Waals surface area (Å²) in [4.78, 5) is 11.4. The molecule has 1 aromatic carbocycles. The molecule has 0 aliphatic carbocycles. The number of hydrogen-bond acceptors (Lipinski definition) is 4. The molecule has 0 saturated carbocycles. The van der Waals surface area contributed by atoms with Gasteiger partial charge in [0.1, 0.15) is 4.90 Å². The van der Waals surface area contributed by atoms with Crippen LogP contribution in [0.15, 0.2) is 23.1 Å². The zero-order chi connectivity index (χ0) is 14.0. The Balaban J connectivity index is 2.39. The van der Waals surface area contributed by atoms with Crippen molar-refractivity contribution in [1.82, 2.24) is 9.62 Å². The molecule has 1 heterocycles. The number of hydrogen-bond donors (Lipinski definition) is 2. The van der Waals surface area contributed by atoms with E-state index in [1.54, 1.807) is 25.1 Å². The standard InChI is InChI=1S/C12H17N3O3S/c1-9-3-2-4-10(13)12(9)19(17,18)15-7-5-11(16)14-6-8-15/h2-4H,5-8,13H2,1H3,(H,14,16). The van der Waals surface area contributed by atoms with Crippen LogP contribution in [-0.2, 0) is 14.8 Å². The summed E-state index contributed by atoms with van der Waals surface area (Å²) < 4.78 is 26.5. The first-order chi connectivity index (χ1) is 8.93. The fourth-order valence-electron chi connectivity index (χ4n) is 2.14. The van der Waals surface area contributed by atoms with E-state index in [0.29, 0.717) is 12.1 Å². The van der Waals surface area contributed by atoms with Gasteiger partial charge in [0.05, 0.1) is 5.69 Å². The largest absolute Gasteiger partial charge is 0.398 e. The summed E-state index contributed by atoms with van der Waals surface area (Å²) in [5.74, 6) is -0.129. The first-order valence-electron chi connectivity index (χ1n) is 6.05. The topological polar surface area (TPSA) is 92.5 Å². The van der Waals surface area contributed by atoms with E-state index in [1.165, 1.54) is 4.31 Å². The molecule has 1 aliphatic rings. The minimum absolute atomic E-state index is 0.129. The second-order valence-corrected chi connectivity index (χ2v) is 6.37. The van der Waals surface area contributed by atoms with Crippen LogP contribution in [0.5, 0.6) is 0 Å². The highest BCUT2D eigenvalue weighted by molar-refractivity contribution is 7.89. The maximum Gasteiger partial charge on any atom is 0.245 e. The van der Waals surface area contributed by atoms with E-state index in [-0.39, 0.29) is 36.0 Å². The molecule has 7 heteroatoms. The fourth-order valence-corrected chi connectivity index (χ4v) is 3.91. The van der Waals surface area contributed by atoms with Gasteiger partial charge in [-0.25, -0.2) is 8.42 Å². The molecule has 0 unspecified atom stereocenters. The summed E-state index contributed by atoms with van der Waals surface area (Å²) in [7, 11) is -3.65. The van der Waals surface area contributed by atoms with Gasteiger partial charge in [0.15, 0.2) is 0 Å². The zero-order valence-corrected chi connectivity index (χ0v) is 11.5. The lowest BCUT2D eigenvalue weighted by Gasteiger charge is -2.21. The Morgan fingerprint density at radius 3 is 2.74 bits per heavy atom. The molecule has 19 heavy (non-hydrogen) atoms. The number of nitrogens with zero attached hydrogens (tertiary/aromatic N) is 1. The van der Waals surface area contributed by atoms with Crippen LogP contribution < -0.4 is 11.1 Å². The van der Waals surface area contributed by atoms with E-state index in [0.717, 1.165) is 0 Å². The first-order valence-corrected chi connectivity index (χ1v) is 7.49. The van der Waals surface area contributed by atoms with Crippen molar-refractivity contribution in [2.75, 3.05) is 25.4 Å². The SMILES string of the molecule is Cc1cccc(N)c1S(=O)(=O)N1CCNC(=O)CC1. The Hall–Kier alpha value is -1.60. The maximum atomic E-state index is 12.6. The molecule has 104 valence electrons. The predicted octanol–water partition coefficient (Wildman–Crippen LogP) is 0.0878. The highest BCUT2D eigenvalue weighted by atomic mass is 32.2. The third kappa shape index (κ3) is 2.71. The third-order valence-corrected chi connectivity index (χ3v) is 5.23. The van der Waals surface area contributed by atoms with E-state index >= 15 is 0 Å². The van der Waals surface area contributed by atoms with Crippen molar-refractivity contribution in [2.45, 2.75) is 18.2 Å². The van der Waals surface area contributed by atoms with Crippen LogP contribution in [-0.4, -0.2) is 38.3 Å². The summed E-state index contributed by atoms with van der Waals surface area (Å²) in [6.07, 6.45) is 0.172. The second-order valence-electron chi connectivity index (χ2n) is 4.50. The Bertz CT molecular complexity index is 578. The molecule has 3 N–H and O–H groups in total. The average molecular weight is 283 g/mol. The molecule has 1 fully saturated rings. The number of carbonyl (C=O) groups excluding carboxylic acids is 1. The number of benzene rings is 1. The molecule has 1 aliphatic heterocycles. The van der Waals surface area contributed by atoms with Gasteiger partial charge in [-0.2, -0.15) is 4.31 Å². The Morgan fingerprint density at radius 1 is 1.32 bits per heavy atom. The molecule has 0 aromatic heterocycles. The predicted molar refractivity (Wildman–Crippen MR) is 72.0 cm³/mol. The van der Waals surface area contributed by atoms with Gasteiger partial charge in [0, 0.05) is 26.1 Å². The van der Waals surface area contributed by atoms with Gasteiger partial charge in [-0.1, -0.05) is 12.1 Å². The number of nitrogen functional groups attached to an aromatic ring is 1. The van der Waals surface area contributed by atoms with E-state index < -0.39 is 10.0 Å². The zero-order valence-electron chi connectivity index (χ0n) is 10.7. The van der Waals surface area contributed by atoms with E-state index in [9.17, 15) is 13.2 Å². The van der Waals surface area contributed by atoms with Crippen molar-refractivity contribution in [2.24, 2.45) is 0 Å². The lowest BCUT2D eigenvalue weighted by Crippen LogP contribution is -2.35. The minimum Gasteiger partial charge on any atom is -0.398 e. The van der Waals surface area contributed by atoms with Crippen molar-refractivity contribution in [3.8, 4) is 0 Å². The number of nitrogens with one attached hydrogen (secondary N) is 1. The highest BCUT2D eigenvalue weighted by Gasteiger charge is 2.29. The lowest BCUT2D eigenvalue weighted by molar-refractivity contribution is -0.120. The normalized spacial score (nSPS) is 17.8. The smallest absolute Gasteiger partial charge is 0.245 e. The second kappa shape index (κ2) is 5.18. The Morgan fingerprint density at radius 2 is 2.05 bits per heavy atom. The molecule has 0 atom stereocenters. The molecule has 0 spiro atoms. The molecule has 1 aromatic rings. The van der Waals surface area contributed by atoms with E-state index in [2.05, 4.69) is 5.32 Å². The van der Waals surface area contributed by atoms with Crippen molar-refractivity contribution < 1.29 is 13.2 Å². The van der Waals surface area contributed by atoms with Gasteiger partial charge in [0.2, 0.25) is 15.9 Å². The van der Waals surface area contributed by atoms with Crippen LogP contribution >= 0.6 is 0 Å². The summed E-state index contributed by atoms with van der Waals surface area (Å²) in [5, 5.41) is 2.65. The summed E-state index contributed by atoms with van der Waals surface area (Å²) in [6, 6.07) is 5.00. The number of nitrogens with two attached hydrogens (primary N) is 1. The van der Waals surface area contributed by atoms with Gasteiger partial charge in [0.25, 0.3) is 0 Å². The van der Waals surface area contributed by atoms with Crippen LogP contribution in [0.25, 0.3) is 0 Å². The van der Waals surface area contributed by atoms with Crippen LogP contribution in [0.2, 0.25) is 0 Å². The number of carbonyl (C=O) groups is 1. The van der Waals surface area contributed by atoms with Gasteiger partial charge >= 0.3 is 0 Å². The van der Waals surface area contributed by atoms with E-state index in [1.807, 2.05) is 0 Å². The van der Waals surface area contributed by atoms with Gasteiger partial charge in [-0.15, -0.1) is 0 Å². The van der Waals surface area contributed by atoms with E-state index in [4.69, 9.17) is 5.73 Å². The number of anilines is 1. The summed E-state index contributed by atoms with van der Waals surface area (Å²) in [6.45, 7) is 2.48. The van der Waals surface area contributed by atoms with Crippen molar-refractivity contribution in [3.63, 3.8) is 0 Å². The highest BCUT2D eigenvalue weighted by Crippen LogP contribution is 2.26. The molecule has 2 rings (SSSR count). The first kappa shape index (κ1) is 13.8. The van der Waals surface area contributed by atoms with Crippen molar-refractivity contribution in [3.05, 3.63) is 23.8 Å². The fraction of sp³-hybridized carbons (Fsp3) is 0.417. The Kier molecular flexibility index (Phi) is 3.77. The van der Waals surface area contributed by atoms with Crippen LogP contribution in [0.1, 0.15) is 12.0 Å². The van der Waals surface area contributed by atoms with Crippen molar-refractivity contribution >= 4 is 21.6 Å². The molecule has 1 amide bonds. The van der Waals surface area contributed by atoms with Gasteiger partial charge in [-0.05, 0) is 18.6 Å². The molecular formula is C12H17N3O3S. The van der Waals surface area contributed by atoms with Crippen LogP contribution in [0, 0.1) is 6.92 Å². The molecule has 1 saturated heterocycles. The number of sulfonamides is 1. The molecule has 0 radical (unpaired) electrons. The molecule has 0 bridgehead atoms. The van der Waals surface area contributed by atoms with Gasteiger partial charge in [-0.3, -0.25) is 4.79 Å². The minimum atomic E-state index is -3.65. The van der Waals surface area contributed by atoms with Crippen LogP contribution in [0.3, 0.4) is 0 Å². The van der Waals surface area contributed by atoms with Gasteiger partial charge < -0.3 is 11.1 Å². The Labute approximate surface area is 112 Å². The maximum absolute atomic E-state index is 12.6. The van der Waals surface area contributed by atoms with Crippen molar-refractivity contribution in [1.29, 1.82) is 0 Å². The quantitative estimate of drug-likeness (QED) is 0.752. The summed E-state index contributed by atoms with van der Waals surface area (Å²) >= 11 is 0. The number of rotatable bonds is 2. The number of aryl methyl sites for hydroxylation is 1. The number of amides is 1. The average Bonchev–Trinajstić information content (AvgIpc) is 2.53. The monoisotopic (exact) mass is 283 g/mol. The molecular weight excluding hydrogens is 266 g/mol. The third-order valence-electron chi connectivity index (χ3n) is 3.11.